The maximum absolute atomic E-state index is 6.85. The van der Waals surface area contributed by atoms with Gasteiger partial charge in [-0.25, -0.2) is 0 Å². The molecule has 0 fully saturated rings. The minimum Gasteiger partial charge on any atom is -0.456 e. The zero-order chi connectivity index (χ0) is 32.5. The summed E-state index contributed by atoms with van der Waals surface area (Å²) in [6.07, 6.45) is 0. The summed E-state index contributed by atoms with van der Waals surface area (Å²) in [4.78, 5) is 2.34. The van der Waals surface area contributed by atoms with Crippen molar-refractivity contribution in [3.63, 3.8) is 0 Å². The molecule has 47 heavy (non-hydrogen) atoms. The number of hydrogen-bond donors (Lipinski definition) is 0. The van der Waals surface area contributed by atoms with Crippen LogP contribution in [0.4, 0.5) is 17.1 Å². The summed E-state index contributed by atoms with van der Waals surface area (Å²) in [5.74, 6) is 0. The number of rotatable bonds is 4. The van der Waals surface area contributed by atoms with Gasteiger partial charge in [0.1, 0.15) is 22.3 Å². The predicted molar refractivity (Wildman–Crippen MR) is 199 cm³/mol. The molecule has 0 aliphatic heterocycles. The second kappa shape index (κ2) is 10.6. The Morgan fingerprint density at radius 1 is 0.447 bits per heavy atom. The van der Waals surface area contributed by atoms with Crippen molar-refractivity contribution in [1.82, 2.24) is 0 Å². The molecule has 2 aromatic heterocycles. The average Bonchev–Trinajstić information content (AvgIpc) is 3.63. The number of benzene rings is 6. The van der Waals surface area contributed by atoms with Crippen LogP contribution in [0.3, 0.4) is 0 Å². The fourth-order valence-corrected chi connectivity index (χ4v) is 6.72. The second-order valence-corrected chi connectivity index (χ2v) is 14.7. The van der Waals surface area contributed by atoms with Crippen LogP contribution < -0.4 is 4.90 Å². The Hall–Kier alpha value is -5.28. The van der Waals surface area contributed by atoms with E-state index in [2.05, 4.69) is 174 Å². The Labute approximate surface area is 276 Å². The van der Waals surface area contributed by atoms with Crippen molar-refractivity contribution in [3.05, 3.63) is 139 Å². The van der Waals surface area contributed by atoms with E-state index in [1.54, 1.807) is 0 Å². The van der Waals surface area contributed by atoms with Gasteiger partial charge in [-0.2, -0.15) is 0 Å². The van der Waals surface area contributed by atoms with Crippen LogP contribution in [-0.2, 0) is 10.8 Å². The van der Waals surface area contributed by atoms with E-state index in [-0.39, 0.29) is 10.8 Å². The van der Waals surface area contributed by atoms with Gasteiger partial charge in [0.25, 0.3) is 0 Å². The molecule has 232 valence electrons. The molecule has 0 unspecified atom stereocenters. The maximum Gasteiger partial charge on any atom is 0.149 e. The van der Waals surface area contributed by atoms with E-state index in [0.717, 1.165) is 60.9 Å². The molecule has 3 heteroatoms. The van der Waals surface area contributed by atoms with Crippen LogP contribution in [0.25, 0.3) is 55.0 Å². The second-order valence-electron chi connectivity index (χ2n) is 14.7. The highest BCUT2D eigenvalue weighted by atomic mass is 16.3. The largest absolute Gasteiger partial charge is 0.456 e. The van der Waals surface area contributed by atoms with Crippen LogP contribution in [0.15, 0.2) is 136 Å². The van der Waals surface area contributed by atoms with Crippen molar-refractivity contribution < 1.29 is 8.83 Å². The van der Waals surface area contributed by atoms with E-state index in [9.17, 15) is 0 Å². The van der Waals surface area contributed by atoms with Crippen molar-refractivity contribution in [2.24, 2.45) is 0 Å². The van der Waals surface area contributed by atoms with E-state index >= 15 is 0 Å². The first-order chi connectivity index (χ1) is 22.6. The summed E-state index contributed by atoms with van der Waals surface area (Å²) < 4.78 is 13.6. The van der Waals surface area contributed by atoms with E-state index in [0.29, 0.717) is 0 Å². The Kier molecular flexibility index (Phi) is 6.59. The first-order valence-corrected chi connectivity index (χ1v) is 16.4. The monoisotopic (exact) mass is 613 g/mol. The Bertz CT molecular complexity index is 2400. The summed E-state index contributed by atoms with van der Waals surface area (Å²) >= 11 is 0. The molecule has 8 aromatic rings. The number of nitrogens with zero attached hydrogens (tertiary/aromatic N) is 1. The van der Waals surface area contributed by atoms with Gasteiger partial charge in [-0.1, -0.05) is 120 Å². The third-order valence-corrected chi connectivity index (χ3v) is 9.38. The fourth-order valence-electron chi connectivity index (χ4n) is 6.72. The van der Waals surface area contributed by atoms with E-state index < -0.39 is 0 Å². The Morgan fingerprint density at radius 2 is 1.04 bits per heavy atom. The normalized spacial score (nSPS) is 12.5. The predicted octanol–water partition coefficient (Wildman–Crippen LogP) is 13.2. The van der Waals surface area contributed by atoms with Crippen molar-refractivity contribution in [2.45, 2.75) is 52.4 Å². The number of anilines is 3. The molecule has 0 aliphatic rings. The molecule has 0 atom stereocenters. The highest BCUT2D eigenvalue weighted by Crippen LogP contribution is 2.49. The minimum absolute atomic E-state index is 0.00634. The molecular weight excluding hydrogens is 574 g/mol. The molecule has 0 saturated heterocycles. The minimum atomic E-state index is -0.0138. The maximum atomic E-state index is 6.85. The molecule has 0 aliphatic carbocycles. The third-order valence-electron chi connectivity index (χ3n) is 9.38. The van der Waals surface area contributed by atoms with Crippen molar-refractivity contribution in [2.75, 3.05) is 4.90 Å². The Morgan fingerprint density at radius 3 is 1.72 bits per heavy atom. The highest BCUT2D eigenvalue weighted by Gasteiger charge is 2.26. The van der Waals surface area contributed by atoms with Gasteiger partial charge in [-0.15, -0.1) is 0 Å². The van der Waals surface area contributed by atoms with Gasteiger partial charge < -0.3 is 13.7 Å². The lowest BCUT2D eigenvalue weighted by molar-refractivity contribution is 0.587. The van der Waals surface area contributed by atoms with Crippen LogP contribution in [0, 0.1) is 0 Å². The highest BCUT2D eigenvalue weighted by molar-refractivity contribution is 6.26. The molecule has 0 radical (unpaired) electrons. The summed E-state index contributed by atoms with van der Waals surface area (Å²) in [6, 6.07) is 45.4. The molecule has 6 aromatic carbocycles. The van der Waals surface area contributed by atoms with Gasteiger partial charge in [0, 0.05) is 28.2 Å². The molecule has 0 saturated carbocycles. The van der Waals surface area contributed by atoms with E-state index in [4.69, 9.17) is 8.83 Å². The lowest BCUT2D eigenvalue weighted by atomic mass is 9.86. The lowest BCUT2D eigenvalue weighted by Gasteiger charge is -2.26. The lowest BCUT2D eigenvalue weighted by Crippen LogP contribution is -2.11. The van der Waals surface area contributed by atoms with Gasteiger partial charge in [-0.05, 0) is 75.5 Å². The quantitative estimate of drug-likeness (QED) is 0.198. The van der Waals surface area contributed by atoms with Gasteiger partial charge in [-0.3, -0.25) is 0 Å². The molecule has 3 nitrogen and oxygen atoms in total. The summed E-state index contributed by atoms with van der Waals surface area (Å²) in [5.41, 5.74) is 11.4. The standard InChI is InChI=1S/C44H39NO2/c1-43(2,3)30-20-24-37-35(25-30)40-36(27-39-41(42(40)47-37)34-23-19-31(44(4,5)6)26-38(34)46-39)45(32-15-11-8-12-16-32)33-21-17-29(18-22-33)28-13-9-7-10-14-28/h7-27H,1-6H3. The first-order valence-electron chi connectivity index (χ1n) is 16.4. The van der Waals surface area contributed by atoms with Crippen LogP contribution in [0.2, 0.25) is 0 Å². The van der Waals surface area contributed by atoms with Gasteiger partial charge in [0.05, 0.1) is 16.5 Å². The summed E-state index contributed by atoms with van der Waals surface area (Å²) in [5, 5.41) is 4.27. The number of hydrogen-bond acceptors (Lipinski definition) is 3. The summed E-state index contributed by atoms with van der Waals surface area (Å²) in [6.45, 7) is 13.5. The Balaban J connectivity index is 1.46. The third kappa shape index (κ3) is 4.98. The topological polar surface area (TPSA) is 29.5 Å². The molecule has 0 amide bonds. The van der Waals surface area contributed by atoms with Crippen LogP contribution in [0.5, 0.6) is 0 Å². The number of furan rings is 2. The SMILES string of the molecule is CC(C)(C)c1ccc2c(c1)oc1cc(N(c3ccccc3)c3ccc(-c4ccccc4)cc3)c3c4cc(C(C)(C)C)ccc4oc3c12. The van der Waals surface area contributed by atoms with Crippen LogP contribution in [0.1, 0.15) is 52.7 Å². The summed E-state index contributed by atoms with van der Waals surface area (Å²) in [7, 11) is 0. The zero-order valence-electron chi connectivity index (χ0n) is 27.9. The molecule has 0 N–H and O–H groups in total. The molecular formula is C44H39NO2. The smallest absolute Gasteiger partial charge is 0.149 e. The van der Waals surface area contributed by atoms with Crippen molar-refractivity contribution in [1.29, 1.82) is 0 Å². The van der Waals surface area contributed by atoms with Gasteiger partial charge >= 0.3 is 0 Å². The molecule has 0 spiro atoms. The molecule has 2 heterocycles. The zero-order valence-corrected chi connectivity index (χ0v) is 27.9. The van der Waals surface area contributed by atoms with E-state index in [1.165, 1.54) is 22.3 Å². The fraction of sp³-hybridized carbons (Fsp3) is 0.182. The number of fused-ring (bicyclic) bond motifs is 7. The van der Waals surface area contributed by atoms with Gasteiger partial charge in [0.2, 0.25) is 0 Å². The van der Waals surface area contributed by atoms with Crippen molar-refractivity contribution in [3.8, 4) is 11.1 Å². The van der Waals surface area contributed by atoms with E-state index in [1.807, 2.05) is 0 Å². The van der Waals surface area contributed by atoms with Crippen LogP contribution >= 0.6 is 0 Å². The molecule has 8 rings (SSSR count). The van der Waals surface area contributed by atoms with Gasteiger partial charge in [0.15, 0.2) is 0 Å². The van der Waals surface area contributed by atoms with Crippen molar-refractivity contribution >= 4 is 60.9 Å². The number of para-hydroxylation sites is 1. The van der Waals surface area contributed by atoms with Crippen LogP contribution in [-0.4, -0.2) is 0 Å². The molecule has 0 bridgehead atoms. The average molecular weight is 614 g/mol. The first kappa shape index (κ1) is 29.1.